The first-order valence-electron chi connectivity index (χ1n) is 12.3. The number of nitrogens with one attached hydrogen (secondary N) is 1. The predicted octanol–water partition coefficient (Wildman–Crippen LogP) is 7.29. The normalized spacial score (nSPS) is 11.7. The van der Waals surface area contributed by atoms with Crippen LogP contribution in [0.2, 0.25) is 0 Å². The maximum absolute atomic E-state index is 13.4. The van der Waals surface area contributed by atoms with Crippen molar-refractivity contribution in [2.24, 2.45) is 0 Å². The molecule has 0 fully saturated rings. The summed E-state index contributed by atoms with van der Waals surface area (Å²) < 4.78 is 6.08. The lowest BCUT2D eigenvalue weighted by Crippen LogP contribution is -2.20. The molecular weight excluding hydrogens is 482 g/mol. The Hall–Kier alpha value is -3.77. The van der Waals surface area contributed by atoms with E-state index in [1.54, 1.807) is 11.8 Å². The number of carboxylic acid groups (broad SMARTS) is 1. The van der Waals surface area contributed by atoms with Crippen LogP contribution in [0.5, 0.6) is 5.75 Å². The van der Waals surface area contributed by atoms with Gasteiger partial charge < -0.3 is 15.2 Å². The van der Waals surface area contributed by atoms with Crippen LogP contribution in [-0.2, 0) is 22.6 Å². The number of rotatable bonds is 11. The van der Waals surface area contributed by atoms with Crippen molar-refractivity contribution in [3.8, 4) is 5.75 Å². The molecule has 4 aromatic carbocycles. The number of benzene rings is 4. The Balaban J connectivity index is 1.56. The average molecular weight is 514 g/mol. The van der Waals surface area contributed by atoms with Crippen molar-refractivity contribution in [2.45, 2.75) is 43.6 Å². The summed E-state index contributed by atoms with van der Waals surface area (Å²) in [5.74, 6) is -0.490. The fourth-order valence-corrected chi connectivity index (χ4v) is 4.93. The summed E-state index contributed by atoms with van der Waals surface area (Å²) in [5, 5.41) is 14.4. The van der Waals surface area contributed by atoms with Gasteiger partial charge in [0.25, 0.3) is 0 Å². The highest BCUT2D eigenvalue weighted by atomic mass is 32.2. The fraction of sp³-hybridized carbons (Fsp3) is 0.226. The zero-order valence-electron chi connectivity index (χ0n) is 21.1. The number of carbonyl (C=O) groups is 2. The van der Waals surface area contributed by atoms with Crippen molar-refractivity contribution in [1.29, 1.82) is 0 Å². The third-order valence-corrected chi connectivity index (χ3v) is 7.19. The van der Waals surface area contributed by atoms with Crippen molar-refractivity contribution in [1.82, 2.24) is 0 Å². The van der Waals surface area contributed by atoms with Gasteiger partial charge in [-0.05, 0) is 71.7 Å². The third-order valence-electron chi connectivity index (χ3n) is 6.42. The molecule has 1 atom stereocenters. The monoisotopic (exact) mass is 513 g/mol. The molecule has 0 aliphatic carbocycles. The highest BCUT2D eigenvalue weighted by molar-refractivity contribution is 7.98. The highest BCUT2D eigenvalue weighted by Crippen LogP contribution is 2.30. The average Bonchev–Trinajstić information content (AvgIpc) is 2.92. The molecule has 0 spiro atoms. The number of thioether (sulfide) groups is 1. The van der Waals surface area contributed by atoms with Crippen LogP contribution in [0.3, 0.4) is 0 Å². The number of amides is 1. The van der Waals surface area contributed by atoms with Crippen LogP contribution in [0.15, 0.2) is 89.8 Å². The molecule has 0 saturated carbocycles. The van der Waals surface area contributed by atoms with E-state index in [2.05, 4.69) is 5.32 Å². The number of hydrogen-bond acceptors (Lipinski definition) is 4. The van der Waals surface area contributed by atoms with E-state index in [1.807, 2.05) is 98.1 Å². The first-order chi connectivity index (χ1) is 18.0. The maximum Gasteiger partial charge on any atom is 0.303 e. The van der Waals surface area contributed by atoms with E-state index in [1.165, 1.54) is 0 Å². The number of fused-ring (bicyclic) bond motifs is 1. The second-order valence-corrected chi connectivity index (χ2v) is 9.81. The Morgan fingerprint density at radius 2 is 1.73 bits per heavy atom. The van der Waals surface area contributed by atoms with Crippen LogP contribution < -0.4 is 10.1 Å². The Labute approximate surface area is 221 Å². The number of carbonyl (C=O) groups excluding carboxylic acids is 1. The number of hydrogen-bond donors (Lipinski definition) is 2. The molecule has 5 nitrogen and oxygen atoms in total. The Morgan fingerprint density at radius 3 is 2.54 bits per heavy atom. The summed E-state index contributed by atoms with van der Waals surface area (Å²) >= 11 is 1.63. The number of carboxylic acids is 1. The molecule has 0 aliphatic rings. The third kappa shape index (κ3) is 6.71. The van der Waals surface area contributed by atoms with E-state index < -0.39 is 5.97 Å². The molecule has 0 bridgehead atoms. The van der Waals surface area contributed by atoms with Gasteiger partial charge >= 0.3 is 5.97 Å². The zero-order chi connectivity index (χ0) is 26.2. The highest BCUT2D eigenvalue weighted by Gasteiger charge is 2.19. The van der Waals surface area contributed by atoms with Gasteiger partial charge in [0.15, 0.2) is 0 Å². The number of aryl methyl sites for hydroxylation is 1. The van der Waals surface area contributed by atoms with Gasteiger partial charge in [-0.3, -0.25) is 9.59 Å². The summed E-state index contributed by atoms with van der Waals surface area (Å²) in [5.41, 5.74) is 3.50. The molecule has 0 saturated heterocycles. The van der Waals surface area contributed by atoms with Gasteiger partial charge in [0.1, 0.15) is 12.4 Å². The van der Waals surface area contributed by atoms with E-state index >= 15 is 0 Å². The summed E-state index contributed by atoms with van der Waals surface area (Å²) in [7, 11) is 0. The van der Waals surface area contributed by atoms with Crippen LogP contribution in [0.4, 0.5) is 5.69 Å². The van der Waals surface area contributed by atoms with Gasteiger partial charge in [-0.15, -0.1) is 11.8 Å². The van der Waals surface area contributed by atoms with Crippen molar-refractivity contribution >= 4 is 40.1 Å². The van der Waals surface area contributed by atoms with Gasteiger partial charge in [0.2, 0.25) is 5.91 Å². The van der Waals surface area contributed by atoms with E-state index in [4.69, 9.17) is 9.84 Å². The molecule has 1 amide bonds. The quantitative estimate of drug-likeness (QED) is 0.206. The lowest BCUT2D eigenvalue weighted by molar-refractivity contribution is -0.137. The summed E-state index contributed by atoms with van der Waals surface area (Å²) in [6.07, 6.45) is 3.14. The molecule has 0 aromatic heterocycles. The largest absolute Gasteiger partial charge is 0.488 e. The first kappa shape index (κ1) is 26.3. The summed E-state index contributed by atoms with van der Waals surface area (Å²) in [6, 6.07) is 27.8. The molecule has 190 valence electrons. The van der Waals surface area contributed by atoms with E-state index in [0.717, 1.165) is 38.1 Å². The molecule has 0 heterocycles. The standard InChI is InChI=1S/C31H31NO4S/c1-21(25-13-7-10-23-9-3-4-12-26(23)25)31(35)32-27-19-22(17-18-24(27)11-8-16-30(33)34)20-36-28-14-5-6-15-29(28)37-2/h3-7,9-10,12-15,17-19,21H,8,11,16,20H2,1-2H3,(H,32,35)(H,33,34). The second-order valence-electron chi connectivity index (χ2n) is 8.96. The van der Waals surface area contributed by atoms with Crippen molar-refractivity contribution in [2.75, 3.05) is 11.6 Å². The van der Waals surface area contributed by atoms with Gasteiger partial charge in [-0.25, -0.2) is 0 Å². The Kier molecular flexibility index (Phi) is 8.86. The van der Waals surface area contributed by atoms with Gasteiger partial charge in [-0.1, -0.05) is 66.7 Å². The Bertz CT molecular complexity index is 1400. The van der Waals surface area contributed by atoms with E-state index in [0.29, 0.717) is 25.1 Å². The molecule has 37 heavy (non-hydrogen) atoms. The topological polar surface area (TPSA) is 75.6 Å². The Morgan fingerprint density at radius 1 is 0.973 bits per heavy atom. The van der Waals surface area contributed by atoms with E-state index in [9.17, 15) is 9.59 Å². The van der Waals surface area contributed by atoms with Crippen molar-refractivity contribution in [3.05, 3.63) is 102 Å². The molecule has 2 N–H and O–H groups in total. The smallest absolute Gasteiger partial charge is 0.303 e. The first-order valence-corrected chi connectivity index (χ1v) is 13.6. The van der Waals surface area contributed by atoms with Gasteiger partial charge in [0, 0.05) is 17.0 Å². The fourth-order valence-electron chi connectivity index (χ4n) is 4.39. The van der Waals surface area contributed by atoms with Crippen LogP contribution in [-0.4, -0.2) is 23.2 Å². The van der Waals surface area contributed by atoms with Crippen molar-refractivity contribution in [3.63, 3.8) is 0 Å². The molecule has 4 rings (SSSR count). The minimum atomic E-state index is -0.826. The molecule has 4 aromatic rings. The minimum absolute atomic E-state index is 0.0795. The van der Waals surface area contributed by atoms with Gasteiger partial charge in [0.05, 0.1) is 5.92 Å². The molecule has 1 unspecified atom stereocenters. The van der Waals surface area contributed by atoms with Crippen LogP contribution in [0.1, 0.15) is 42.4 Å². The number of anilines is 1. The second kappa shape index (κ2) is 12.5. The summed E-state index contributed by atoms with van der Waals surface area (Å²) in [4.78, 5) is 25.5. The number of para-hydroxylation sites is 1. The molecular formula is C31H31NO4S. The lowest BCUT2D eigenvalue weighted by Gasteiger charge is -2.18. The van der Waals surface area contributed by atoms with Gasteiger partial charge in [-0.2, -0.15) is 0 Å². The van der Waals surface area contributed by atoms with Crippen LogP contribution in [0.25, 0.3) is 10.8 Å². The van der Waals surface area contributed by atoms with Crippen LogP contribution in [0, 0.1) is 0 Å². The zero-order valence-corrected chi connectivity index (χ0v) is 21.9. The number of aliphatic carboxylic acids is 1. The summed E-state index contributed by atoms with van der Waals surface area (Å²) in [6.45, 7) is 2.27. The maximum atomic E-state index is 13.4. The predicted molar refractivity (Wildman–Crippen MR) is 151 cm³/mol. The number of ether oxygens (including phenoxy) is 1. The molecule has 0 radical (unpaired) electrons. The van der Waals surface area contributed by atoms with Crippen LogP contribution >= 0.6 is 11.8 Å². The van der Waals surface area contributed by atoms with Crippen molar-refractivity contribution < 1.29 is 19.4 Å². The SMILES string of the molecule is CSc1ccccc1OCc1ccc(CCCC(=O)O)c(NC(=O)C(C)c2cccc3ccccc23)c1. The van der Waals surface area contributed by atoms with E-state index in [-0.39, 0.29) is 18.2 Å². The molecule has 6 heteroatoms. The minimum Gasteiger partial charge on any atom is -0.488 e. The molecule has 0 aliphatic heterocycles. The lowest BCUT2D eigenvalue weighted by atomic mass is 9.94.